The van der Waals surface area contributed by atoms with Crippen LogP contribution in [-0.2, 0) is 11.4 Å². The van der Waals surface area contributed by atoms with Crippen molar-refractivity contribution in [3.05, 3.63) is 20.8 Å². The molecule has 0 amide bonds. The normalized spacial score (nSPS) is 15.5. The summed E-state index contributed by atoms with van der Waals surface area (Å²) >= 11 is 3.80. The summed E-state index contributed by atoms with van der Waals surface area (Å²) in [5.41, 5.74) is 0.832. The van der Waals surface area contributed by atoms with Crippen molar-refractivity contribution < 1.29 is 4.55 Å². The number of thiophene rings is 1. The second-order valence-electron chi connectivity index (χ2n) is 4.17. The Morgan fingerprint density at radius 1 is 1.53 bits per heavy atom. The zero-order chi connectivity index (χ0) is 11.6. The molecule has 2 nitrogen and oxygen atoms in total. The highest BCUT2D eigenvalue weighted by Crippen LogP contribution is 2.23. The standard InChI is InChI=1S/C10H14BrNOS2/c1-7(9-5-8(11)6-14-9)12-15(13)10(2,3)4/h5-6H,1-4H3/t15-/m1/s1. The molecule has 0 aliphatic heterocycles. The second-order valence-corrected chi connectivity index (χ2v) is 7.90. The minimum atomic E-state index is -1.18. The van der Waals surface area contributed by atoms with Crippen LogP contribution >= 0.6 is 27.3 Å². The molecule has 1 atom stereocenters. The first kappa shape index (κ1) is 13.2. The van der Waals surface area contributed by atoms with Crippen molar-refractivity contribution in [2.24, 2.45) is 4.40 Å². The molecule has 84 valence electrons. The first-order chi connectivity index (χ1) is 6.80. The quantitative estimate of drug-likeness (QED) is 0.605. The van der Waals surface area contributed by atoms with E-state index in [1.165, 1.54) is 0 Å². The Morgan fingerprint density at radius 2 is 2.13 bits per heavy atom. The predicted octanol–water partition coefficient (Wildman–Crippen LogP) is 3.78. The van der Waals surface area contributed by atoms with Gasteiger partial charge in [-0.05, 0) is 49.7 Å². The third kappa shape index (κ3) is 3.90. The van der Waals surface area contributed by atoms with E-state index in [-0.39, 0.29) is 4.75 Å². The van der Waals surface area contributed by atoms with E-state index in [4.69, 9.17) is 0 Å². The van der Waals surface area contributed by atoms with Crippen molar-refractivity contribution in [3.63, 3.8) is 0 Å². The van der Waals surface area contributed by atoms with Crippen molar-refractivity contribution >= 4 is 44.3 Å². The SMILES string of the molecule is CC(=N[S@+]([O-])C(C)(C)C)c1cc(Br)cs1. The van der Waals surface area contributed by atoms with Gasteiger partial charge >= 0.3 is 0 Å². The monoisotopic (exact) mass is 307 g/mol. The Hall–Kier alpha value is 0.160. The van der Waals surface area contributed by atoms with Crippen LogP contribution in [0.2, 0.25) is 0 Å². The van der Waals surface area contributed by atoms with Crippen LogP contribution in [0.25, 0.3) is 0 Å². The maximum Gasteiger partial charge on any atom is 0.144 e. The fourth-order valence-corrected chi connectivity index (χ4v) is 2.87. The molecular weight excluding hydrogens is 294 g/mol. The van der Waals surface area contributed by atoms with E-state index in [9.17, 15) is 4.55 Å². The topological polar surface area (TPSA) is 35.4 Å². The van der Waals surface area contributed by atoms with Gasteiger partial charge < -0.3 is 4.55 Å². The molecule has 1 aromatic heterocycles. The lowest BCUT2D eigenvalue weighted by molar-refractivity contribution is 0.561. The van der Waals surface area contributed by atoms with Crippen molar-refractivity contribution in [1.82, 2.24) is 0 Å². The molecule has 1 rings (SSSR count). The Labute approximate surface area is 106 Å². The van der Waals surface area contributed by atoms with E-state index >= 15 is 0 Å². The zero-order valence-corrected chi connectivity index (χ0v) is 12.4. The summed E-state index contributed by atoms with van der Waals surface area (Å²) in [5, 5.41) is 1.99. The molecule has 0 aliphatic rings. The molecule has 0 fully saturated rings. The fraction of sp³-hybridized carbons (Fsp3) is 0.500. The highest BCUT2D eigenvalue weighted by atomic mass is 79.9. The zero-order valence-electron chi connectivity index (χ0n) is 9.20. The molecule has 0 unspecified atom stereocenters. The Balaban J connectivity index is 2.85. The molecule has 0 bridgehead atoms. The number of halogens is 1. The lowest BCUT2D eigenvalue weighted by Crippen LogP contribution is -2.26. The van der Waals surface area contributed by atoms with Crippen molar-refractivity contribution in [2.75, 3.05) is 0 Å². The largest absolute Gasteiger partial charge is 0.591 e. The average Bonchev–Trinajstić information content (AvgIpc) is 2.50. The van der Waals surface area contributed by atoms with Crippen LogP contribution in [0, 0.1) is 0 Å². The smallest absolute Gasteiger partial charge is 0.144 e. The van der Waals surface area contributed by atoms with Gasteiger partial charge in [0.05, 0.1) is 4.88 Å². The van der Waals surface area contributed by atoms with E-state index in [2.05, 4.69) is 20.3 Å². The van der Waals surface area contributed by atoms with Crippen LogP contribution in [0.1, 0.15) is 32.6 Å². The molecule has 0 saturated carbocycles. The predicted molar refractivity (Wildman–Crippen MR) is 72.1 cm³/mol. The van der Waals surface area contributed by atoms with Crippen LogP contribution in [0.15, 0.2) is 20.3 Å². The van der Waals surface area contributed by atoms with Crippen LogP contribution in [-0.4, -0.2) is 15.0 Å². The molecule has 5 heteroatoms. The van der Waals surface area contributed by atoms with Gasteiger partial charge in [0.25, 0.3) is 0 Å². The summed E-state index contributed by atoms with van der Waals surface area (Å²) in [4.78, 5) is 1.06. The Morgan fingerprint density at radius 3 is 2.53 bits per heavy atom. The minimum absolute atomic E-state index is 0.296. The molecular formula is C10H14BrNOS2. The third-order valence-electron chi connectivity index (χ3n) is 1.67. The number of hydrogen-bond donors (Lipinski definition) is 0. The van der Waals surface area contributed by atoms with Crippen LogP contribution < -0.4 is 0 Å². The van der Waals surface area contributed by atoms with Gasteiger partial charge in [0.1, 0.15) is 21.8 Å². The molecule has 0 spiro atoms. The maximum atomic E-state index is 11.8. The van der Waals surface area contributed by atoms with Gasteiger partial charge in [0.15, 0.2) is 0 Å². The molecule has 0 radical (unpaired) electrons. The lowest BCUT2D eigenvalue weighted by Gasteiger charge is -2.18. The van der Waals surface area contributed by atoms with Gasteiger partial charge in [-0.2, -0.15) is 0 Å². The summed E-state index contributed by atoms with van der Waals surface area (Å²) in [5.74, 6) is 0. The molecule has 0 aliphatic carbocycles. The van der Waals surface area contributed by atoms with Crippen molar-refractivity contribution in [1.29, 1.82) is 0 Å². The Kier molecular flexibility index (Phi) is 4.40. The molecule has 15 heavy (non-hydrogen) atoms. The van der Waals surface area contributed by atoms with Gasteiger partial charge in [-0.25, -0.2) is 0 Å². The molecule has 0 aromatic carbocycles. The summed E-state index contributed by atoms with van der Waals surface area (Å²) in [6.07, 6.45) is 0. The maximum absolute atomic E-state index is 11.8. The number of hydrogen-bond acceptors (Lipinski definition) is 3. The highest BCUT2D eigenvalue weighted by molar-refractivity contribution is 9.10. The van der Waals surface area contributed by atoms with Crippen molar-refractivity contribution in [3.8, 4) is 0 Å². The molecule has 0 N–H and O–H groups in total. The van der Waals surface area contributed by atoms with E-state index in [0.29, 0.717) is 0 Å². The highest BCUT2D eigenvalue weighted by Gasteiger charge is 2.26. The molecule has 0 saturated heterocycles. The number of rotatable bonds is 2. The number of nitrogens with zero attached hydrogens (tertiary/aromatic N) is 1. The fourth-order valence-electron chi connectivity index (χ4n) is 0.809. The average molecular weight is 308 g/mol. The van der Waals surface area contributed by atoms with E-state index in [1.54, 1.807) is 11.3 Å². The summed E-state index contributed by atoms with van der Waals surface area (Å²) in [6.45, 7) is 7.65. The van der Waals surface area contributed by atoms with Crippen LogP contribution in [0.5, 0.6) is 0 Å². The van der Waals surface area contributed by atoms with Gasteiger partial charge in [-0.1, -0.05) is 4.40 Å². The minimum Gasteiger partial charge on any atom is -0.591 e. The van der Waals surface area contributed by atoms with Gasteiger partial charge in [-0.3, -0.25) is 0 Å². The van der Waals surface area contributed by atoms with Crippen LogP contribution in [0.4, 0.5) is 0 Å². The van der Waals surface area contributed by atoms with Gasteiger partial charge in [-0.15, -0.1) is 11.3 Å². The van der Waals surface area contributed by atoms with Gasteiger partial charge in [0, 0.05) is 9.85 Å². The molecule has 1 aromatic rings. The summed E-state index contributed by atoms with van der Waals surface area (Å²) in [7, 11) is 0. The first-order valence-electron chi connectivity index (χ1n) is 4.52. The van der Waals surface area contributed by atoms with E-state index in [0.717, 1.165) is 15.1 Å². The van der Waals surface area contributed by atoms with Crippen molar-refractivity contribution in [2.45, 2.75) is 32.4 Å². The van der Waals surface area contributed by atoms with E-state index in [1.807, 2.05) is 39.1 Å². The van der Waals surface area contributed by atoms with E-state index < -0.39 is 11.4 Å². The molecule has 1 heterocycles. The Bertz CT molecular complexity index is 368. The second kappa shape index (κ2) is 4.99. The third-order valence-corrected chi connectivity index (χ3v) is 4.96. The lowest BCUT2D eigenvalue weighted by atomic mass is 10.3. The summed E-state index contributed by atoms with van der Waals surface area (Å²) < 4.78 is 16.7. The van der Waals surface area contributed by atoms with Crippen LogP contribution in [0.3, 0.4) is 0 Å². The van der Waals surface area contributed by atoms with Gasteiger partial charge in [0.2, 0.25) is 0 Å². The summed E-state index contributed by atoms with van der Waals surface area (Å²) in [6, 6.07) is 1.99. The first-order valence-corrected chi connectivity index (χ1v) is 7.30.